The predicted molar refractivity (Wildman–Crippen MR) is 160 cm³/mol. The van der Waals surface area contributed by atoms with Crippen molar-refractivity contribution in [3.05, 3.63) is 82.5 Å². The van der Waals surface area contributed by atoms with E-state index in [0.29, 0.717) is 23.9 Å². The molecule has 41 heavy (non-hydrogen) atoms. The van der Waals surface area contributed by atoms with Crippen LogP contribution in [-0.2, 0) is 4.79 Å². The van der Waals surface area contributed by atoms with Crippen LogP contribution in [0.2, 0.25) is 0 Å². The number of amides is 2. The molecule has 0 bridgehead atoms. The Labute approximate surface area is 242 Å². The Balaban J connectivity index is 1.17. The average molecular weight is 551 g/mol. The number of benzene rings is 2. The first-order valence-corrected chi connectivity index (χ1v) is 14.8. The van der Waals surface area contributed by atoms with Crippen LogP contribution in [0.5, 0.6) is 5.75 Å². The number of hydrogen-bond acceptors (Lipinski definition) is 4. The number of carbonyl (C=O) groups is 2. The minimum atomic E-state index is -0.313. The molecule has 2 aromatic carbocycles. The molecule has 2 saturated carbocycles. The molecule has 6 rings (SSSR count). The molecule has 5 atom stereocenters. The SMILES string of the molecule is COc1ccc(NC(=O)NCC#Cc2ccc(C3C[C@]4(C)C(O)CCC4C4CCC5=CC(=O)CCC5=C34)cc2)cc1. The number of aliphatic hydroxyl groups excluding tert-OH is 1. The number of nitrogens with one attached hydrogen (secondary N) is 2. The zero-order valence-corrected chi connectivity index (χ0v) is 23.8. The largest absolute Gasteiger partial charge is 0.497 e. The highest BCUT2D eigenvalue weighted by Crippen LogP contribution is 2.63. The van der Waals surface area contributed by atoms with Gasteiger partial charge in [-0.2, -0.15) is 0 Å². The van der Waals surface area contributed by atoms with Gasteiger partial charge in [0, 0.05) is 23.6 Å². The van der Waals surface area contributed by atoms with Crippen molar-refractivity contribution in [2.75, 3.05) is 19.0 Å². The first-order valence-electron chi connectivity index (χ1n) is 14.8. The quantitative estimate of drug-likeness (QED) is 0.400. The molecule has 2 fully saturated rings. The number of allylic oxidation sites excluding steroid dienone is 4. The van der Waals surface area contributed by atoms with E-state index in [2.05, 4.69) is 53.7 Å². The minimum Gasteiger partial charge on any atom is -0.497 e. The van der Waals surface area contributed by atoms with Gasteiger partial charge in [0.15, 0.2) is 5.78 Å². The number of urea groups is 1. The third-order valence-corrected chi connectivity index (χ3v) is 9.91. The van der Waals surface area contributed by atoms with Crippen LogP contribution < -0.4 is 15.4 Å². The molecule has 0 heterocycles. The van der Waals surface area contributed by atoms with Crippen molar-refractivity contribution in [1.82, 2.24) is 5.32 Å². The summed E-state index contributed by atoms with van der Waals surface area (Å²) in [5, 5.41) is 16.6. The van der Waals surface area contributed by atoms with Crippen LogP contribution in [0.4, 0.5) is 10.5 Å². The van der Waals surface area contributed by atoms with Crippen molar-refractivity contribution >= 4 is 17.5 Å². The van der Waals surface area contributed by atoms with E-state index in [0.717, 1.165) is 49.8 Å². The van der Waals surface area contributed by atoms with Crippen molar-refractivity contribution in [1.29, 1.82) is 0 Å². The topological polar surface area (TPSA) is 87.7 Å². The van der Waals surface area contributed by atoms with Gasteiger partial charge in [-0.05, 0) is 115 Å². The Hall–Kier alpha value is -3.82. The fraction of sp³-hybridized carbons (Fsp3) is 0.429. The molecule has 6 nitrogen and oxygen atoms in total. The second kappa shape index (κ2) is 11.2. The lowest BCUT2D eigenvalue weighted by Crippen LogP contribution is -2.45. The summed E-state index contributed by atoms with van der Waals surface area (Å²) in [6.45, 7) is 2.53. The van der Waals surface area contributed by atoms with Gasteiger partial charge in [-0.3, -0.25) is 4.79 Å². The first-order chi connectivity index (χ1) is 19.9. The van der Waals surface area contributed by atoms with Gasteiger partial charge in [0.1, 0.15) is 5.75 Å². The molecule has 0 aliphatic heterocycles. The van der Waals surface area contributed by atoms with Crippen LogP contribution in [0.25, 0.3) is 0 Å². The van der Waals surface area contributed by atoms with E-state index < -0.39 is 0 Å². The molecule has 2 aromatic rings. The zero-order chi connectivity index (χ0) is 28.6. The summed E-state index contributed by atoms with van der Waals surface area (Å²) in [6.07, 6.45) is 8.06. The van der Waals surface area contributed by atoms with E-state index in [-0.39, 0.29) is 35.8 Å². The van der Waals surface area contributed by atoms with Crippen LogP contribution in [0.3, 0.4) is 0 Å². The molecule has 4 unspecified atom stereocenters. The second-order valence-corrected chi connectivity index (χ2v) is 12.1. The number of ether oxygens (including phenoxy) is 1. The van der Waals surface area contributed by atoms with Gasteiger partial charge in [0.05, 0.1) is 19.8 Å². The maximum Gasteiger partial charge on any atom is 0.319 e. The maximum atomic E-state index is 12.2. The zero-order valence-electron chi connectivity index (χ0n) is 23.8. The van der Waals surface area contributed by atoms with Crippen molar-refractivity contribution in [2.45, 2.75) is 63.9 Å². The van der Waals surface area contributed by atoms with Crippen molar-refractivity contribution in [3.8, 4) is 17.6 Å². The number of methoxy groups -OCH3 is 1. The van der Waals surface area contributed by atoms with E-state index in [1.165, 1.54) is 22.3 Å². The van der Waals surface area contributed by atoms with E-state index >= 15 is 0 Å². The molecule has 2 amide bonds. The van der Waals surface area contributed by atoms with E-state index in [9.17, 15) is 14.7 Å². The summed E-state index contributed by atoms with van der Waals surface area (Å²) in [4.78, 5) is 24.4. The molecule has 0 spiro atoms. The fourth-order valence-electron chi connectivity index (χ4n) is 7.85. The number of hydrogen-bond donors (Lipinski definition) is 3. The molecule has 3 N–H and O–H groups in total. The number of rotatable bonds is 4. The Morgan fingerprint density at radius 3 is 2.59 bits per heavy atom. The standard InChI is InChI=1S/C35H38N2O4/c1-35-21-30(33-28-16-12-26(38)20-24(28)9-15-29(33)31(35)17-18-32(35)39)23-7-5-22(6-8-23)4-3-19-36-34(40)37-25-10-13-27(41-2)14-11-25/h5-8,10-11,13-14,20,29-32,39H,9,12,15-19,21H2,1-2H3,(H2,36,37,40)/t29?,30?,31?,32?,35-/m0/s1. The highest BCUT2D eigenvalue weighted by Gasteiger charge is 2.56. The lowest BCUT2D eigenvalue weighted by atomic mass is 9.53. The fourth-order valence-corrected chi connectivity index (χ4v) is 7.85. The first kappa shape index (κ1) is 27.4. The molecule has 212 valence electrons. The van der Waals surface area contributed by atoms with Gasteiger partial charge in [-0.15, -0.1) is 0 Å². The summed E-state index contributed by atoms with van der Waals surface area (Å²) in [5.41, 5.74) is 6.98. The smallest absolute Gasteiger partial charge is 0.319 e. The number of aliphatic hydroxyl groups is 1. The van der Waals surface area contributed by atoms with Crippen LogP contribution in [0, 0.1) is 29.1 Å². The predicted octanol–water partition coefficient (Wildman–Crippen LogP) is 6.13. The number of carbonyl (C=O) groups excluding carboxylic acids is 2. The van der Waals surface area contributed by atoms with Gasteiger partial charge in [-0.25, -0.2) is 4.79 Å². The second-order valence-electron chi connectivity index (χ2n) is 12.1. The Morgan fingerprint density at radius 2 is 1.83 bits per heavy atom. The molecule has 0 aromatic heterocycles. The van der Waals surface area contributed by atoms with Crippen molar-refractivity contribution in [3.63, 3.8) is 0 Å². The van der Waals surface area contributed by atoms with Crippen LogP contribution in [0.1, 0.15) is 68.9 Å². The monoisotopic (exact) mass is 550 g/mol. The molecule has 4 aliphatic rings. The summed E-state index contributed by atoms with van der Waals surface area (Å²) in [5.74, 6) is 8.42. The van der Waals surface area contributed by atoms with Crippen molar-refractivity contribution < 1.29 is 19.4 Å². The van der Waals surface area contributed by atoms with Gasteiger partial charge in [0.2, 0.25) is 0 Å². The summed E-state index contributed by atoms with van der Waals surface area (Å²) < 4.78 is 5.14. The van der Waals surface area contributed by atoms with Crippen LogP contribution in [-0.4, -0.2) is 36.7 Å². The molecular weight excluding hydrogens is 512 g/mol. The Bertz CT molecular complexity index is 1460. The Morgan fingerprint density at radius 1 is 1.05 bits per heavy atom. The summed E-state index contributed by atoms with van der Waals surface area (Å²) in [6, 6.07) is 15.3. The molecule has 0 saturated heterocycles. The summed E-state index contributed by atoms with van der Waals surface area (Å²) >= 11 is 0. The van der Waals surface area contributed by atoms with Gasteiger partial charge >= 0.3 is 6.03 Å². The number of fused-ring (bicyclic) bond motifs is 4. The molecule has 0 radical (unpaired) electrons. The normalized spacial score (nSPS) is 28.4. The Kier molecular flexibility index (Phi) is 7.48. The highest BCUT2D eigenvalue weighted by molar-refractivity contribution is 5.93. The number of anilines is 1. The van der Waals surface area contributed by atoms with Gasteiger partial charge in [0.25, 0.3) is 0 Å². The van der Waals surface area contributed by atoms with Crippen LogP contribution >= 0.6 is 0 Å². The maximum absolute atomic E-state index is 12.2. The lowest BCUT2D eigenvalue weighted by molar-refractivity contribution is -0.114. The molecular formula is C35H38N2O4. The molecule has 4 aliphatic carbocycles. The lowest BCUT2D eigenvalue weighted by Gasteiger charge is -2.52. The summed E-state index contributed by atoms with van der Waals surface area (Å²) in [7, 11) is 1.60. The third-order valence-electron chi connectivity index (χ3n) is 9.91. The number of ketones is 1. The van der Waals surface area contributed by atoms with E-state index in [1.807, 2.05) is 6.08 Å². The van der Waals surface area contributed by atoms with Crippen molar-refractivity contribution in [2.24, 2.45) is 17.3 Å². The van der Waals surface area contributed by atoms with Crippen LogP contribution in [0.15, 0.2) is 71.3 Å². The van der Waals surface area contributed by atoms with Gasteiger partial charge in [-0.1, -0.05) is 36.5 Å². The minimum absolute atomic E-state index is 0.0817. The highest BCUT2D eigenvalue weighted by atomic mass is 16.5. The van der Waals surface area contributed by atoms with E-state index in [4.69, 9.17) is 4.74 Å². The third kappa shape index (κ3) is 5.31. The molecule has 6 heteroatoms. The van der Waals surface area contributed by atoms with E-state index in [1.54, 1.807) is 31.4 Å². The van der Waals surface area contributed by atoms with Gasteiger partial charge < -0.3 is 20.5 Å². The average Bonchev–Trinajstić information content (AvgIpc) is 3.29.